The maximum Gasteiger partial charge on any atom is 0.663 e. The highest BCUT2D eigenvalue weighted by Gasteiger charge is 2.60. The first-order valence-electron chi connectivity index (χ1n) is 7.41. The third-order valence-corrected chi connectivity index (χ3v) is 10.8. The normalized spacial score (nSPS) is 14.2. The van der Waals surface area contributed by atoms with Crippen molar-refractivity contribution in [3.63, 3.8) is 0 Å². The molecule has 0 aromatic heterocycles. The molecule has 0 spiro atoms. The minimum atomic E-state index is -5.42. The van der Waals surface area contributed by atoms with Gasteiger partial charge in [-0.25, -0.2) is 0 Å². The molecule has 0 radical (unpaired) electrons. The van der Waals surface area contributed by atoms with Crippen molar-refractivity contribution in [3.05, 3.63) is 0 Å². The highest BCUT2D eigenvalue weighted by atomic mass is 28.5. The molecular weight excluding hydrogens is 416 g/mol. The van der Waals surface area contributed by atoms with E-state index in [2.05, 4.69) is 12.3 Å². The Morgan fingerprint density at radius 1 is 0.480 bits per heavy atom. The smallest absolute Gasteiger partial charge is 0.396 e. The van der Waals surface area contributed by atoms with Gasteiger partial charge < -0.3 is 60.6 Å². The zero-order chi connectivity index (χ0) is 19.8. The number of unbranched alkanes of at least 4 members (excludes halogenated alkanes) is 5. The predicted octanol–water partition coefficient (Wildman–Crippen LogP) is -4.45. The second kappa shape index (κ2) is 10.6. The van der Waals surface area contributed by atoms with Crippen molar-refractivity contribution in [3.8, 4) is 0 Å². The van der Waals surface area contributed by atoms with E-state index in [9.17, 15) is 0 Å². The van der Waals surface area contributed by atoms with Crippen molar-refractivity contribution < 1.29 is 60.6 Å². The van der Waals surface area contributed by atoms with Crippen molar-refractivity contribution in [2.75, 3.05) is 6.61 Å². The molecule has 0 bridgehead atoms. The lowest BCUT2D eigenvalue weighted by Crippen LogP contribution is -2.66. The maximum absolute atomic E-state index is 9.07. The highest BCUT2D eigenvalue weighted by Crippen LogP contribution is 2.26. The van der Waals surface area contributed by atoms with Crippen LogP contribution in [-0.2, 0) is 12.3 Å². The minimum Gasteiger partial charge on any atom is -0.396 e. The molecule has 0 saturated heterocycles. The van der Waals surface area contributed by atoms with Gasteiger partial charge in [0.25, 0.3) is 0 Å². The Balaban J connectivity index is 4.99. The van der Waals surface area contributed by atoms with E-state index in [1.807, 2.05) is 0 Å². The van der Waals surface area contributed by atoms with Gasteiger partial charge in [0.2, 0.25) is 0 Å². The fraction of sp³-hybridized carbons (Fsp3) is 1.00. The van der Waals surface area contributed by atoms with Crippen LogP contribution in [0.5, 0.6) is 0 Å². The Kier molecular flexibility index (Phi) is 10.8. The SMILES string of the molecule is OCCCCCCCC[Si](O[Si](O)(O)O)(O[Si](O)(O)O)O[Si](O)(O)O. The lowest BCUT2D eigenvalue weighted by atomic mass is 10.1. The van der Waals surface area contributed by atoms with E-state index < -0.39 is 42.0 Å². The number of aliphatic hydroxyl groups is 1. The van der Waals surface area contributed by atoms with E-state index in [1.165, 1.54) is 0 Å². The average Bonchev–Trinajstić information content (AvgIpc) is 2.31. The molecule has 0 aliphatic heterocycles. The second-order valence-electron chi connectivity index (χ2n) is 5.31. The zero-order valence-corrected chi connectivity index (χ0v) is 17.4. The van der Waals surface area contributed by atoms with Crippen LogP contribution in [-0.4, -0.2) is 90.8 Å². The lowest BCUT2D eigenvalue weighted by molar-refractivity contribution is 0.0251. The predicted molar refractivity (Wildman–Crippen MR) is 85.8 cm³/mol. The Morgan fingerprint density at radius 2 is 0.800 bits per heavy atom. The molecule has 10 N–H and O–H groups in total. The summed E-state index contributed by atoms with van der Waals surface area (Å²) in [7, 11) is -21.1. The first-order valence-corrected chi connectivity index (χ1v) is 14.6. The van der Waals surface area contributed by atoms with E-state index in [-0.39, 0.29) is 13.0 Å². The van der Waals surface area contributed by atoms with Crippen LogP contribution in [0.1, 0.15) is 38.5 Å². The summed E-state index contributed by atoms with van der Waals surface area (Å²) in [6.07, 6.45) is 3.38. The minimum absolute atomic E-state index is 0.0637. The Morgan fingerprint density at radius 3 is 1.12 bits per heavy atom. The molecule has 0 fully saturated rings. The van der Waals surface area contributed by atoms with Gasteiger partial charge in [0, 0.05) is 12.7 Å². The van der Waals surface area contributed by atoms with Crippen molar-refractivity contribution in [2.45, 2.75) is 44.6 Å². The van der Waals surface area contributed by atoms with E-state index in [0.29, 0.717) is 19.3 Å². The standard InChI is InChI=1S/C8H26O13Si4/c9-7-5-3-1-2-4-6-8-22(19-23(10,11)12,20-24(13,14)15)21-25(16,17)18/h9-18H,1-8H2. The number of hydrogen-bond donors (Lipinski definition) is 10. The summed E-state index contributed by atoms with van der Waals surface area (Å²) in [5.74, 6) is 0. The van der Waals surface area contributed by atoms with Crippen LogP contribution in [0.4, 0.5) is 0 Å². The van der Waals surface area contributed by atoms with Crippen molar-refractivity contribution >= 4 is 35.9 Å². The van der Waals surface area contributed by atoms with Gasteiger partial charge in [0.15, 0.2) is 0 Å². The first-order chi connectivity index (χ1) is 11.2. The van der Waals surface area contributed by atoms with Gasteiger partial charge >= 0.3 is 35.9 Å². The van der Waals surface area contributed by atoms with Gasteiger partial charge in [-0.2, -0.15) is 0 Å². The quantitative estimate of drug-likeness (QED) is 0.0904. The third kappa shape index (κ3) is 15.1. The number of aliphatic hydroxyl groups excluding tert-OH is 1. The molecule has 152 valence electrons. The topological polar surface area (TPSA) is 230 Å². The summed E-state index contributed by atoms with van der Waals surface area (Å²) in [5.41, 5.74) is 0. The molecule has 0 amide bonds. The molecule has 0 aliphatic rings. The molecular formula is C8H26O13Si4. The van der Waals surface area contributed by atoms with Crippen molar-refractivity contribution in [1.29, 1.82) is 0 Å². The van der Waals surface area contributed by atoms with Crippen LogP contribution < -0.4 is 0 Å². The van der Waals surface area contributed by atoms with Crippen LogP contribution in [0.25, 0.3) is 0 Å². The molecule has 0 aromatic carbocycles. The second-order valence-corrected chi connectivity index (χ2v) is 13.1. The Hall–Kier alpha value is 0.348. The van der Waals surface area contributed by atoms with Gasteiger partial charge in [-0.05, 0) is 12.8 Å². The molecule has 0 unspecified atom stereocenters. The van der Waals surface area contributed by atoms with Gasteiger partial charge in [0.05, 0.1) is 0 Å². The zero-order valence-electron chi connectivity index (χ0n) is 13.4. The molecule has 0 heterocycles. The van der Waals surface area contributed by atoms with E-state index >= 15 is 0 Å². The molecule has 0 atom stereocenters. The summed E-state index contributed by atoms with van der Waals surface area (Å²) in [6.45, 7) is 0.0637. The molecule has 0 aromatic rings. The largest absolute Gasteiger partial charge is 0.663 e. The van der Waals surface area contributed by atoms with Crippen LogP contribution in [0, 0.1) is 0 Å². The van der Waals surface area contributed by atoms with Gasteiger partial charge in [0.1, 0.15) is 0 Å². The van der Waals surface area contributed by atoms with Crippen LogP contribution >= 0.6 is 0 Å². The van der Waals surface area contributed by atoms with E-state index in [4.69, 9.17) is 48.3 Å². The Labute approximate surface area is 148 Å². The number of hydrogen-bond acceptors (Lipinski definition) is 13. The fourth-order valence-electron chi connectivity index (χ4n) is 2.00. The van der Waals surface area contributed by atoms with E-state index in [0.717, 1.165) is 12.8 Å². The summed E-state index contributed by atoms with van der Waals surface area (Å²) in [4.78, 5) is 81.6. The average molecular weight is 443 g/mol. The Bertz CT molecular complexity index is 324. The summed E-state index contributed by atoms with van der Waals surface area (Å²) in [5, 5.41) is 8.65. The van der Waals surface area contributed by atoms with Crippen molar-refractivity contribution in [1.82, 2.24) is 0 Å². The van der Waals surface area contributed by atoms with Gasteiger partial charge in [-0.3, -0.25) is 0 Å². The molecule has 17 heteroatoms. The molecule has 0 saturated carbocycles. The molecule has 0 aliphatic carbocycles. The third-order valence-electron chi connectivity index (χ3n) is 2.77. The highest BCUT2D eigenvalue weighted by molar-refractivity contribution is 6.80. The number of rotatable bonds is 14. The summed E-state index contributed by atoms with van der Waals surface area (Å²) in [6, 6.07) is -0.490. The van der Waals surface area contributed by atoms with Crippen molar-refractivity contribution in [2.24, 2.45) is 0 Å². The summed E-state index contributed by atoms with van der Waals surface area (Å²) < 4.78 is 13.2. The molecule has 13 nitrogen and oxygen atoms in total. The first kappa shape index (κ1) is 25.3. The fourth-order valence-corrected chi connectivity index (χ4v) is 10.5. The maximum atomic E-state index is 9.07. The molecule has 25 heavy (non-hydrogen) atoms. The summed E-state index contributed by atoms with van der Waals surface area (Å²) >= 11 is 0. The van der Waals surface area contributed by atoms with Crippen LogP contribution in [0.2, 0.25) is 6.04 Å². The monoisotopic (exact) mass is 442 g/mol. The van der Waals surface area contributed by atoms with Crippen LogP contribution in [0.3, 0.4) is 0 Å². The molecule has 0 rings (SSSR count). The van der Waals surface area contributed by atoms with Gasteiger partial charge in [-0.1, -0.05) is 25.7 Å². The van der Waals surface area contributed by atoms with Gasteiger partial charge in [-0.15, -0.1) is 0 Å². The van der Waals surface area contributed by atoms with E-state index in [1.54, 1.807) is 0 Å². The lowest BCUT2D eigenvalue weighted by Gasteiger charge is -2.34. The van der Waals surface area contributed by atoms with Crippen LogP contribution in [0.15, 0.2) is 0 Å².